The number of hydrogen-bond acceptors (Lipinski definition) is 2. The van der Waals surface area contributed by atoms with Crippen molar-refractivity contribution in [3.05, 3.63) is 54.1 Å². The molecule has 0 bridgehead atoms. The van der Waals surface area contributed by atoms with E-state index in [0.717, 1.165) is 16.7 Å². The van der Waals surface area contributed by atoms with Gasteiger partial charge in [-0.25, -0.2) is 8.42 Å². The summed E-state index contributed by atoms with van der Waals surface area (Å²) in [5.74, 6) is 0.476. The molecular weight excluding hydrogens is 291 g/mol. The summed E-state index contributed by atoms with van der Waals surface area (Å²) in [6.07, 6.45) is 0. The SMILES string of the molecule is O=S(=O)(Cl)c1ccc(-c2ccc(CCl)cc2)cc1. The molecule has 0 saturated carbocycles. The fraction of sp³-hybridized carbons (Fsp3) is 0.0769. The summed E-state index contributed by atoms with van der Waals surface area (Å²) < 4.78 is 22.2. The van der Waals surface area contributed by atoms with Gasteiger partial charge in [0.05, 0.1) is 4.90 Å². The van der Waals surface area contributed by atoms with Crippen LogP contribution >= 0.6 is 22.3 Å². The van der Waals surface area contributed by atoms with Gasteiger partial charge in [-0.15, -0.1) is 11.6 Å². The summed E-state index contributed by atoms with van der Waals surface area (Å²) >= 11 is 5.71. The van der Waals surface area contributed by atoms with E-state index in [1.807, 2.05) is 24.3 Å². The monoisotopic (exact) mass is 300 g/mol. The predicted molar refractivity (Wildman–Crippen MR) is 74.5 cm³/mol. The van der Waals surface area contributed by atoms with Crippen LogP contribution in [0.1, 0.15) is 5.56 Å². The van der Waals surface area contributed by atoms with Crippen LogP contribution in [0.3, 0.4) is 0 Å². The van der Waals surface area contributed by atoms with Gasteiger partial charge in [0.1, 0.15) is 0 Å². The van der Waals surface area contributed by atoms with Gasteiger partial charge in [0.15, 0.2) is 0 Å². The van der Waals surface area contributed by atoms with Crippen LogP contribution in [0.15, 0.2) is 53.4 Å². The Bertz CT molecular complexity index is 632. The molecule has 18 heavy (non-hydrogen) atoms. The number of hydrogen-bond donors (Lipinski definition) is 0. The molecule has 2 rings (SSSR count). The molecule has 0 saturated heterocycles. The van der Waals surface area contributed by atoms with Crippen LogP contribution in [0, 0.1) is 0 Å². The Morgan fingerprint density at radius 1 is 0.833 bits per heavy atom. The molecule has 0 aliphatic heterocycles. The van der Waals surface area contributed by atoms with Crippen molar-refractivity contribution in [2.24, 2.45) is 0 Å². The lowest BCUT2D eigenvalue weighted by Crippen LogP contribution is -1.89. The molecule has 0 atom stereocenters. The third-order valence-corrected chi connectivity index (χ3v) is 4.26. The highest BCUT2D eigenvalue weighted by molar-refractivity contribution is 8.13. The molecule has 0 unspecified atom stereocenters. The number of alkyl halides is 1. The highest BCUT2D eigenvalue weighted by Crippen LogP contribution is 2.23. The number of rotatable bonds is 3. The second kappa shape index (κ2) is 5.31. The van der Waals surface area contributed by atoms with Gasteiger partial charge >= 0.3 is 0 Å². The smallest absolute Gasteiger partial charge is 0.207 e. The summed E-state index contributed by atoms with van der Waals surface area (Å²) in [6.45, 7) is 0. The first-order valence-corrected chi connectivity index (χ1v) is 8.05. The molecule has 2 aromatic rings. The Morgan fingerprint density at radius 3 is 1.67 bits per heavy atom. The van der Waals surface area contributed by atoms with Crippen molar-refractivity contribution in [3.8, 4) is 11.1 Å². The highest BCUT2D eigenvalue weighted by atomic mass is 35.7. The maximum Gasteiger partial charge on any atom is 0.261 e. The first-order chi connectivity index (χ1) is 8.50. The van der Waals surface area contributed by atoms with Gasteiger partial charge in [-0.1, -0.05) is 36.4 Å². The molecular formula is C13H10Cl2O2S. The largest absolute Gasteiger partial charge is 0.261 e. The molecule has 5 heteroatoms. The van der Waals surface area contributed by atoms with Crippen LogP contribution < -0.4 is 0 Å². The molecule has 0 amide bonds. The van der Waals surface area contributed by atoms with E-state index in [1.54, 1.807) is 12.1 Å². The van der Waals surface area contributed by atoms with Crippen LogP contribution in [0.4, 0.5) is 0 Å². The fourth-order valence-electron chi connectivity index (χ4n) is 1.60. The third-order valence-electron chi connectivity index (χ3n) is 2.58. The maximum atomic E-state index is 11.1. The average Bonchev–Trinajstić information content (AvgIpc) is 2.38. The predicted octanol–water partition coefficient (Wildman–Crippen LogP) is 4.02. The van der Waals surface area contributed by atoms with Crippen molar-refractivity contribution in [2.45, 2.75) is 10.8 Å². The minimum atomic E-state index is -3.66. The summed E-state index contributed by atoms with van der Waals surface area (Å²) in [4.78, 5) is 0.102. The maximum absolute atomic E-state index is 11.1. The molecule has 0 heterocycles. The second-order valence-electron chi connectivity index (χ2n) is 3.79. The highest BCUT2D eigenvalue weighted by Gasteiger charge is 2.09. The van der Waals surface area contributed by atoms with Crippen molar-refractivity contribution in [1.29, 1.82) is 0 Å². The van der Waals surface area contributed by atoms with E-state index in [-0.39, 0.29) is 4.90 Å². The van der Waals surface area contributed by atoms with E-state index < -0.39 is 9.05 Å². The summed E-state index contributed by atoms with van der Waals surface area (Å²) in [7, 11) is 1.60. The van der Waals surface area contributed by atoms with Crippen molar-refractivity contribution in [2.75, 3.05) is 0 Å². The lowest BCUT2D eigenvalue weighted by Gasteiger charge is -2.03. The molecule has 0 fully saturated rings. The van der Waals surface area contributed by atoms with E-state index in [1.165, 1.54) is 12.1 Å². The van der Waals surface area contributed by atoms with E-state index in [2.05, 4.69) is 0 Å². The Hall–Kier alpha value is -1.03. The average molecular weight is 301 g/mol. The summed E-state index contributed by atoms with van der Waals surface area (Å²) in [6, 6.07) is 14.2. The van der Waals surface area contributed by atoms with Crippen LogP contribution in [-0.4, -0.2) is 8.42 Å². The Morgan fingerprint density at radius 2 is 1.28 bits per heavy atom. The van der Waals surface area contributed by atoms with Crippen LogP contribution in [0.25, 0.3) is 11.1 Å². The van der Waals surface area contributed by atoms with E-state index >= 15 is 0 Å². The normalized spacial score (nSPS) is 11.4. The molecule has 0 aromatic heterocycles. The minimum absolute atomic E-state index is 0.102. The van der Waals surface area contributed by atoms with Gasteiger partial charge < -0.3 is 0 Å². The molecule has 0 aliphatic carbocycles. The van der Waals surface area contributed by atoms with Gasteiger partial charge in [-0.2, -0.15) is 0 Å². The molecule has 94 valence electrons. The molecule has 0 aliphatic rings. The fourth-order valence-corrected chi connectivity index (χ4v) is 2.54. The molecule has 0 spiro atoms. The lowest BCUT2D eigenvalue weighted by molar-refractivity contribution is 0.609. The van der Waals surface area contributed by atoms with Crippen molar-refractivity contribution in [1.82, 2.24) is 0 Å². The first kappa shape index (κ1) is 13.4. The summed E-state index contributed by atoms with van der Waals surface area (Å²) in [5.41, 5.74) is 2.97. The van der Waals surface area contributed by atoms with E-state index in [9.17, 15) is 8.42 Å². The van der Waals surface area contributed by atoms with Crippen molar-refractivity contribution >= 4 is 31.3 Å². The van der Waals surface area contributed by atoms with Gasteiger partial charge in [0.2, 0.25) is 0 Å². The van der Waals surface area contributed by atoms with Crippen LogP contribution in [-0.2, 0) is 14.9 Å². The van der Waals surface area contributed by atoms with Crippen LogP contribution in [0.2, 0.25) is 0 Å². The molecule has 0 N–H and O–H groups in total. The van der Waals surface area contributed by atoms with Crippen molar-refractivity contribution in [3.63, 3.8) is 0 Å². The molecule has 0 radical (unpaired) electrons. The number of benzene rings is 2. The van der Waals surface area contributed by atoms with Gasteiger partial charge in [-0.3, -0.25) is 0 Å². The third kappa shape index (κ3) is 3.05. The van der Waals surface area contributed by atoms with E-state index in [0.29, 0.717) is 5.88 Å². The van der Waals surface area contributed by atoms with E-state index in [4.69, 9.17) is 22.3 Å². The Balaban J connectivity index is 2.34. The number of halogens is 2. The zero-order valence-electron chi connectivity index (χ0n) is 9.31. The molecule has 2 nitrogen and oxygen atoms in total. The lowest BCUT2D eigenvalue weighted by atomic mass is 10.0. The summed E-state index contributed by atoms with van der Waals surface area (Å²) in [5, 5.41) is 0. The van der Waals surface area contributed by atoms with Crippen molar-refractivity contribution < 1.29 is 8.42 Å². The van der Waals surface area contributed by atoms with Gasteiger partial charge in [0.25, 0.3) is 9.05 Å². The second-order valence-corrected chi connectivity index (χ2v) is 6.63. The quantitative estimate of drug-likeness (QED) is 0.634. The minimum Gasteiger partial charge on any atom is -0.207 e. The Kier molecular flexibility index (Phi) is 3.95. The standard InChI is InChI=1S/C13H10Cl2O2S/c14-9-10-1-3-11(4-2-10)12-5-7-13(8-6-12)18(15,16)17/h1-8H,9H2. The van der Waals surface area contributed by atoms with Crippen LogP contribution in [0.5, 0.6) is 0 Å². The first-order valence-electron chi connectivity index (χ1n) is 5.21. The topological polar surface area (TPSA) is 34.1 Å². The van der Waals surface area contributed by atoms with Gasteiger partial charge in [0, 0.05) is 16.6 Å². The zero-order valence-corrected chi connectivity index (χ0v) is 11.6. The zero-order chi connectivity index (χ0) is 13.2. The molecule has 2 aromatic carbocycles. The Labute approximate surface area is 116 Å². The van der Waals surface area contributed by atoms with Gasteiger partial charge in [-0.05, 0) is 28.8 Å².